The van der Waals surface area contributed by atoms with Gasteiger partial charge in [0.1, 0.15) is 0 Å². The molecule has 0 bridgehead atoms. The van der Waals surface area contributed by atoms with E-state index in [0.717, 1.165) is 5.56 Å². The predicted octanol–water partition coefficient (Wildman–Crippen LogP) is 2.54. The lowest BCUT2D eigenvalue weighted by Gasteiger charge is -2.11. The van der Waals surface area contributed by atoms with E-state index in [2.05, 4.69) is 5.32 Å². The summed E-state index contributed by atoms with van der Waals surface area (Å²) in [5, 5.41) is 3.50. The molecule has 1 amide bonds. The summed E-state index contributed by atoms with van der Waals surface area (Å²) >= 11 is 5.96. The third-order valence-corrected chi connectivity index (χ3v) is 4.69. The number of nitrogens with one attached hydrogen (secondary N) is 1. The maximum absolute atomic E-state index is 11.9. The lowest BCUT2D eigenvalue weighted by molar-refractivity contribution is 0.0952. The van der Waals surface area contributed by atoms with E-state index >= 15 is 0 Å². The molecule has 18 heavy (non-hydrogen) atoms. The van der Waals surface area contributed by atoms with E-state index in [1.54, 1.807) is 24.5 Å². The number of rotatable bonds is 5. The van der Waals surface area contributed by atoms with E-state index in [1.807, 2.05) is 13.8 Å². The minimum absolute atomic E-state index is 0.0887. The van der Waals surface area contributed by atoms with Gasteiger partial charge >= 0.3 is 0 Å². The Morgan fingerprint density at radius 2 is 2.17 bits per heavy atom. The van der Waals surface area contributed by atoms with Crippen molar-refractivity contribution >= 4 is 28.3 Å². The Kier molecular flexibility index (Phi) is 5.82. The van der Waals surface area contributed by atoms with Gasteiger partial charge in [-0.2, -0.15) is 0 Å². The van der Waals surface area contributed by atoms with Crippen molar-refractivity contribution in [2.24, 2.45) is 0 Å². The average Bonchev–Trinajstić information content (AvgIpc) is 2.32. The lowest BCUT2D eigenvalue weighted by Crippen LogP contribution is -2.28. The minimum atomic E-state index is -0.850. The Bertz CT molecular complexity index is 462. The molecule has 0 fully saturated rings. The first-order valence-electron chi connectivity index (χ1n) is 5.79. The largest absolute Gasteiger partial charge is 0.352 e. The van der Waals surface area contributed by atoms with Gasteiger partial charge in [-0.3, -0.25) is 9.00 Å². The Hall–Kier alpha value is -0.870. The molecule has 2 atom stereocenters. The molecular weight excluding hydrogens is 270 g/mol. The monoisotopic (exact) mass is 287 g/mol. The van der Waals surface area contributed by atoms with Crippen molar-refractivity contribution < 1.29 is 9.00 Å². The van der Waals surface area contributed by atoms with Crippen molar-refractivity contribution in [3.05, 3.63) is 34.3 Å². The quantitative estimate of drug-likeness (QED) is 0.904. The second-order valence-corrected chi connectivity index (χ2v) is 6.48. The number of carbonyl (C=O) groups excluding carboxylic acids is 1. The van der Waals surface area contributed by atoms with Crippen LogP contribution < -0.4 is 5.32 Å². The molecule has 100 valence electrons. The molecular formula is C13H18ClNO2S. The van der Waals surface area contributed by atoms with Crippen LogP contribution in [0, 0.1) is 6.92 Å². The van der Waals surface area contributed by atoms with Crippen LogP contribution in [0.15, 0.2) is 18.2 Å². The highest BCUT2D eigenvalue weighted by Gasteiger charge is 2.11. The van der Waals surface area contributed by atoms with E-state index in [9.17, 15) is 9.00 Å². The number of hydrogen-bond donors (Lipinski definition) is 1. The Morgan fingerprint density at radius 1 is 1.50 bits per heavy atom. The number of benzene rings is 1. The first kappa shape index (κ1) is 15.2. The molecule has 0 aromatic heterocycles. The molecule has 3 nitrogen and oxygen atoms in total. The molecule has 0 unspecified atom stereocenters. The molecule has 0 aliphatic rings. The van der Waals surface area contributed by atoms with Gasteiger partial charge in [-0.1, -0.05) is 24.6 Å². The number of carbonyl (C=O) groups is 1. The Morgan fingerprint density at radius 3 is 2.78 bits per heavy atom. The van der Waals surface area contributed by atoms with E-state index < -0.39 is 10.8 Å². The van der Waals surface area contributed by atoms with Crippen LogP contribution in [0.4, 0.5) is 0 Å². The van der Waals surface area contributed by atoms with Crippen molar-refractivity contribution in [3.63, 3.8) is 0 Å². The molecule has 0 saturated heterocycles. The van der Waals surface area contributed by atoms with Crippen LogP contribution in [0.25, 0.3) is 0 Å². The maximum atomic E-state index is 11.9. The third kappa shape index (κ3) is 4.10. The van der Waals surface area contributed by atoms with Crippen LogP contribution in [0.5, 0.6) is 0 Å². The van der Waals surface area contributed by atoms with Crippen LogP contribution in [0.1, 0.15) is 29.3 Å². The summed E-state index contributed by atoms with van der Waals surface area (Å²) in [4.78, 5) is 11.9. The molecule has 0 aliphatic heterocycles. The topological polar surface area (TPSA) is 46.2 Å². The Labute approximate surface area is 115 Å². The summed E-state index contributed by atoms with van der Waals surface area (Å²) in [5.74, 6) is -0.135. The second kappa shape index (κ2) is 6.90. The van der Waals surface area contributed by atoms with Crippen LogP contribution in [-0.4, -0.2) is 28.2 Å². The maximum Gasteiger partial charge on any atom is 0.251 e. The Balaban J connectivity index is 2.56. The van der Waals surface area contributed by atoms with E-state index in [0.29, 0.717) is 23.6 Å². The summed E-state index contributed by atoms with van der Waals surface area (Å²) in [6.07, 6.45) is 2.38. The fourth-order valence-electron chi connectivity index (χ4n) is 1.50. The molecule has 0 heterocycles. The molecule has 1 N–H and O–H groups in total. The van der Waals surface area contributed by atoms with Gasteiger partial charge < -0.3 is 5.32 Å². The zero-order valence-corrected chi connectivity index (χ0v) is 12.4. The summed E-state index contributed by atoms with van der Waals surface area (Å²) in [7, 11) is -0.850. The second-order valence-electron chi connectivity index (χ2n) is 4.27. The minimum Gasteiger partial charge on any atom is -0.352 e. The molecule has 5 heteroatoms. The zero-order valence-electron chi connectivity index (χ0n) is 10.8. The molecule has 0 saturated carbocycles. The van der Waals surface area contributed by atoms with Gasteiger partial charge in [-0.15, -0.1) is 0 Å². The standard InChI is InChI=1S/C13H18ClNO2S/c1-9(18(3)17)7-8-15-13(16)11-5-4-6-12(14)10(11)2/h4-6,9H,7-8H2,1-3H3,(H,15,16)/t9-,18-/m0/s1. The summed E-state index contributed by atoms with van der Waals surface area (Å²) < 4.78 is 11.2. The molecule has 0 aliphatic carbocycles. The predicted molar refractivity (Wildman–Crippen MR) is 76.7 cm³/mol. The highest BCUT2D eigenvalue weighted by molar-refractivity contribution is 7.84. The van der Waals surface area contributed by atoms with Crippen LogP contribution in [0.3, 0.4) is 0 Å². The highest BCUT2D eigenvalue weighted by Crippen LogP contribution is 2.18. The summed E-state index contributed by atoms with van der Waals surface area (Å²) in [6.45, 7) is 4.25. The van der Waals surface area contributed by atoms with Gasteiger partial charge in [0.15, 0.2) is 0 Å². The van der Waals surface area contributed by atoms with E-state index in [-0.39, 0.29) is 11.2 Å². The van der Waals surface area contributed by atoms with Gasteiger partial charge in [-0.25, -0.2) is 0 Å². The first-order chi connectivity index (χ1) is 8.43. The smallest absolute Gasteiger partial charge is 0.251 e. The number of hydrogen-bond acceptors (Lipinski definition) is 2. The van der Waals surface area contributed by atoms with Crippen molar-refractivity contribution in [1.82, 2.24) is 5.32 Å². The van der Waals surface area contributed by atoms with Crippen LogP contribution in [-0.2, 0) is 10.8 Å². The van der Waals surface area contributed by atoms with E-state index in [4.69, 9.17) is 11.6 Å². The van der Waals surface area contributed by atoms with Gasteiger partial charge in [0.05, 0.1) is 0 Å². The number of halogens is 1. The normalized spacial score (nSPS) is 14.0. The van der Waals surface area contributed by atoms with Gasteiger partial charge in [0, 0.05) is 39.4 Å². The van der Waals surface area contributed by atoms with Gasteiger partial charge in [0.25, 0.3) is 5.91 Å². The van der Waals surface area contributed by atoms with Crippen LogP contribution >= 0.6 is 11.6 Å². The van der Waals surface area contributed by atoms with Crippen molar-refractivity contribution in [3.8, 4) is 0 Å². The summed E-state index contributed by atoms with van der Waals surface area (Å²) in [5.41, 5.74) is 1.37. The first-order valence-corrected chi connectivity index (χ1v) is 7.79. The molecule has 1 rings (SSSR count). The molecule has 0 radical (unpaired) electrons. The molecule has 0 spiro atoms. The molecule has 1 aromatic carbocycles. The van der Waals surface area contributed by atoms with Gasteiger partial charge in [0.2, 0.25) is 0 Å². The molecule has 1 aromatic rings. The lowest BCUT2D eigenvalue weighted by atomic mass is 10.1. The van der Waals surface area contributed by atoms with Crippen molar-refractivity contribution in [1.29, 1.82) is 0 Å². The third-order valence-electron chi connectivity index (χ3n) is 2.92. The zero-order chi connectivity index (χ0) is 13.7. The average molecular weight is 288 g/mol. The highest BCUT2D eigenvalue weighted by atomic mass is 35.5. The summed E-state index contributed by atoms with van der Waals surface area (Å²) in [6, 6.07) is 5.27. The van der Waals surface area contributed by atoms with Gasteiger partial charge in [-0.05, 0) is 31.0 Å². The van der Waals surface area contributed by atoms with Crippen molar-refractivity contribution in [2.45, 2.75) is 25.5 Å². The number of amides is 1. The van der Waals surface area contributed by atoms with E-state index in [1.165, 1.54) is 0 Å². The van der Waals surface area contributed by atoms with Crippen molar-refractivity contribution in [2.75, 3.05) is 12.8 Å². The fraction of sp³-hybridized carbons (Fsp3) is 0.462. The van der Waals surface area contributed by atoms with Crippen LogP contribution in [0.2, 0.25) is 5.02 Å². The fourth-order valence-corrected chi connectivity index (χ4v) is 2.13. The SMILES string of the molecule is Cc1c(Cl)cccc1C(=O)NCC[C@H](C)[S@](C)=O.